The van der Waals surface area contributed by atoms with E-state index in [9.17, 15) is 9.18 Å². The molecule has 0 unspecified atom stereocenters. The highest BCUT2D eigenvalue weighted by molar-refractivity contribution is 5.79. The second-order valence-electron chi connectivity index (χ2n) is 6.47. The summed E-state index contributed by atoms with van der Waals surface area (Å²) in [6.07, 6.45) is 1.13. The van der Waals surface area contributed by atoms with E-state index in [4.69, 9.17) is 9.26 Å². The third-order valence-corrected chi connectivity index (χ3v) is 4.41. The number of carbonyl (C=O) groups is 1. The minimum absolute atomic E-state index is 0.136. The highest BCUT2D eigenvalue weighted by atomic mass is 19.1. The minimum atomic E-state index is -0.433. The van der Waals surface area contributed by atoms with Crippen LogP contribution in [0.25, 0.3) is 11.4 Å². The Morgan fingerprint density at radius 1 is 1.26 bits per heavy atom. The van der Waals surface area contributed by atoms with Crippen LogP contribution in [0.2, 0.25) is 0 Å². The van der Waals surface area contributed by atoms with Crippen LogP contribution in [0.3, 0.4) is 0 Å². The van der Waals surface area contributed by atoms with Crippen molar-refractivity contribution in [3.63, 3.8) is 0 Å². The van der Waals surface area contributed by atoms with E-state index >= 15 is 0 Å². The van der Waals surface area contributed by atoms with Gasteiger partial charge in [0.25, 0.3) is 0 Å². The summed E-state index contributed by atoms with van der Waals surface area (Å²) >= 11 is 0. The van der Waals surface area contributed by atoms with E-state index in [0.29, 0.717) is 23.9 Å². The lowest BCUT2D eigenvalue weighted by Crippen LogP contribution is -2.28. The number of hydrogen-bond donors (Lipinski definition) is 1. The summed E-state index contributed by atoms with van der Waals surface area (Å²) in [6, 6.07) is 11.2. The maximum absolute atomic E-state index is 13.0. The van der Waals surface area contributed by atoms with Crippen molar-refractivity contribution in [2.45, 2.75) is 25.8 Å². The van der Waals surface area contributed by atoms with Crippen LogP contribution < -0.4 is 10.1 Å². The first-order valence-electron chi connectivity index (χ1n) is 8.72. The van der Waals surface area contributed by atoms with E-state index in [1.165, 1.54) is 12.1 Å². The summed E-state index contributed by atoms with van der Waals surface area (Å²) in [6.45, 7) is 2.46. The summed E-state index contributed by atoms with van der Waals surface area (Å²) in [7, 11) is 0. The molecule has 1 amide bonds. The molecule has 138 valence electrons. The second-order valence-corrected chi connectivity index (χ2v) is 6.47. The maximum Gasteiger partial charge on any atom is 0.249 e. The fourth-order valence-electron chi connectivity index (χ4n) is 3.02. The molecular weight excluding hydrogens is 349 g/mol. The number of amides is 1. The number of hydrogen-bond acceptors (Lipinski definition) is 5. The van der Waals surface area contributed by atoms with Gasteiger partial charge in [-0.1, -0.05) is 17.3 Å². The molecule has 7 heteroatoms. The van der Waals surface area contributed by atoms with Crippen LogP contribution in [0.4, 0.5) is 4.39 Å². The molecule has 1 N–H and O–H groups in total. The Morgan fingerprint density at radius 3 is 2.89 bits per heavy atom. The lowest BCUT2D eigenvalue weighted by atomic mass is 10.1. The van der Waals surface area contributed by atoms with E-state index in [-0.39, 0.29) is 18.1 Å². The number of fused-ring (bicyclic) bond motifs is 1. The number of rotatable bonds is 5. The average molecular weight is 367 g/mol. The molecule has 0 saturated heterocycles. The molecule has 3 aromatic rings. The Bertz CT molecular complexity index is 969. The summed E-state index contributed by atoms with van der Waals surface area (Å²) < 4.78 is 23.7. The van der Waals surface area contributed by atoms with Crippen LogP contribution in [-0.4, -0.2) is 22.7 Å². The molecule has 27 heavy (non-hydrogen) atoms. The van der Waals surface area contributed by atoms with Gasteiger partial charge in [0.1, 0.15) is 17.6 Å². The van der Waals surface area contributed by atoms with Crippen molar-refractivity contribution >= 4 is 5.91 Å². The van der Waals surface area contributed by atoms with E-state index in [1.54, 1.807) is 19.1 Å². The first kappa shape index (κ1) is 17.2. The first-order valence-corrected chi connectivity index (χ1v) is 8.72. The van der Waals surface area contributed by atoms with Gasteiger partial charge in [-0.3, -0.25) is 4.79 Å². The van der Waals surface area contributed by atoms with Gasteiger partial charge in [0.05, 0.1) is 13.0 Å². The minimum Gasteiger partial charge on any atom is -0.493 e. The van der Waals surface area contributed by atoms with E-state index < -0.39 is 6.04 Å². The predicted molar refractivity (Wildman–Crippen MR) is 95.6 cm³/mol. The molecule has 0 bridgehead atoms. The molecule has 0 radical (unpaired) electrons. The maximum atomic E-state index is 13.0. The SMILES string of the molecule is C[C@H](NC(=O)Cc1ccc2c(c1)CCO2)c1nc(-c2ccc(F)cc2)no1. The van der Waals surface area contributed by atoms with Crippen LogP contribution in [0.15, 0.2) is 47.0 Å². The zero-order chi connectivity index (χ0) is 18.8. The molecule has 4 rings (SSSR count). The Kier molecular flexibility index (Phi) is 4.58. The van der Waals surface area contributed by atoms with Gasteiger partial charge >= 0.3 is 0 Å². The van der Waals surface area contributed by atoms with Crippen molar-refractivity contribution in [2.75, 3.05) is 6.61 Å². The number of aromatic nitrogens is 2. The molecule has 6 nitrogen and oxygen atoms in total. The summed E-state index contributed by atoms with van der Waals surface area (Å²) in [5.74, 6) is 1.07. The van der Waals surface area contributed by atoms with Crippen LogP contribution in [-0.2, 0) is 17.6 Å². The standard InChI is InChI=1S/C20H18FN3O3/c1-12(20-23-19(24-27-20)14-3-5-16(21)6-4-14)22-18(25)11-13-2-7-17-15(10-13)8-9-26-17/h2-7,10,12H,8-9,11H2,1H3,(H,22,25)/t12-/m0/s1. The molecule has 2 aromatic carbocycles. The summed E-state index contributed by atoms with van der Waals surface area (Å²) in [5, 5.41) is 6.75. The third kappa shape index (κ3) is 3.81. The van der Waals surface area contributed by atoms with Crippen molar-refractivity contribution in [1.82, 2.24) is 15.5 Å². The fourth-order valence-corrected chi connectivity index (χ4v) is 3.02. The highest BCUT2D eigenvalue weighted by Gasteiger charge is 2.18. The molecular formula is C20H18FN3O3. The number of halogens is 1. The molecule has 1 aliphatic heterocycles. The van der Waals surface area contributed by atoms with E-state index in [0.717, 1.165) is 23.3 Å². The van der Waals surface area contributed by atoms with Crippen molar-refractivity contribution in [2.24, 2.45) is 0 Å². The smallest absolute Gasteiger partial charge is 0.249 e. The number of carbonyl (C=O) groups excluding carboxylic acids is 1. The Balaban J connectivity index is 1.39. The second kappa shape index (κ2) is 7.19. The number of benzene rings is 2. The Labute approximate surface area is 155 Å². The molecule has 1 aromatic heterocycles. The van der Waals surface area contributed by atoms with Gasteiger partial charge in [0, 0.05) is 12.0 Å². The van der Waals surface area contributed by atoms with Crippen molar-refractivity contribution in [1.29, 1.82) is 0 Å². The zero-order valence-electron chi connectivity index (χ0n) is 14.7. The molecule has 0 fully saturated rings. The fraction of sp³-hybridized carbons (Fsp3) is 0.250. The van der Waals surface area contributed by atoms with Crippen LogP contribution in [0.1, 0.15) is 30.0 Å². The normalized spacial score (nSPS) is 13.7. The lowest BCUT2D eigenvalue weighted by Gasteiger charge is -2.10. The van der Waals surface area contributed by atoms with Crippen molar-refractivity contribution < 1.29 is 18.4 Å². The third-order valence-electron chi connectivity index (χ3n) is 4.41. The van der Waals surface area contributed by atoms with Crippen LogP contribution in [0, 0.1) is 5.82 Å². The van der Waals surface area contributed by atoms with E-state index in [2.05, 4.69) is 15.5 Å². The molecule has 1 atom stereocenters. The molecule has 1 aliphatic rings. The zero-order valence-corrected chi connectivity index (χ0v) is 14.7. The molecule has 2 heterocycles. The van der Waals surface area contributed by atoms with Gasteiger partial charge in [-0.25, -0.2) is 4.39 Å². The van der Waals surface area contributed by atoms with Crippen molar-refractivity contribution in [3.8, 4) is 17.1 Å². The van der Waals surface area contributed by atoms with Crippen LogP contribution in [0.5, 0.6) is 5.75 Å². The number of nitrogens with zero attached hydrogens (tertiary/aromatic N) is 2. The Hall–Kier alpha value is -3.22. The van der Waals surface area contributed by atoms with Gasteiger partial charge in [-0.15, -0.1) is 0 Å². The van der Waals surface area contributed by atoms with E-state index in [1.807, 2.05) is 18.2 Å². The quantitative estimate of drug-likeness (QED) is 0.749. The molecule has 0 saturated carbocycles. The monoisotopic (exact) mass is 367 g/mol. The first-order chi connectivity index (χ1) is 13.1. The van der Waals surface area contributed by atoms with Gasteiger partial charge in [-0.2, -0.15) is 4.98 Å². The Morgan fingerprint density at radius 2 is 2.07 bits per heavy atom. The van der Waals surface area contributed by atoms with Crippen molar-refractivity contribution in [3.05, 3.63) is 65.3 Å². The van der Waals surface area contributed by atoms with Gasteiger partial charge in [-0.05, 0) is 48.4 Å². The van der Waals surface area contributed by atoms with Gasteiger partial charge in [0.2, 0.25) is 17.6 Å². The van der Waals surface area contributed by atoms with Gasteiger partial charge < -0.3 is 14.6 Å². The highest BCUT2D eigenvalue weighted by Crippen LogP contribution is 2.26. The number of ether oxygens (including phenoxy) is 1. The lowest BCUT2D eigenvalue weighted by molar-refractivity contribution is -0.121. The number of nitrogens with one attached hydrogen (secondary N) is 1. The topological polar surface area (TPSA) is 77.2 Å². The van der Waals surface area contributed by atoms with Gasteiger partial charge in [0.15, 0.2) is 0 Å². The average Bonchev–Trinajstić information content (AvgIpc) is 3.31. The van der Waals surface area contributed by atoms with Crippen LogP contribution >= 0.6 is 0 Å². The largest absolute Gasteiger partial charge is 0.493 e. The summed E-state index contributed by atoms with van der Waals surface area (Å²) in [4.78, 5) is 16.6. The molecule has 0 aliphatic carbocycles. The summed E-state index contributed by atoms with van der Waals surface area (Å²) in [5.41, 5.74) is 2.71. The predicted octanol–water partition coefficient (Wildman–Crippen LogP) is 3.23. The molecule has 0 spiro atoms.